The van der Waals surface area contributed by atoms with Gasteiger partial charge in [0.05, 0.1) is 0 Å². The van der Waals surface area contributed by atoms with Gasteiger partial charge in [0, 0.05) is 5.92 Å². The minimum absolute atomic E-state index is 0.219. The van der Waals surface area contributed by atoms with Crippen molar-refractivity contribution < 1.29 is 4.79 Å². The van der Waals surface area contributed by atoms with Crippen LogP contribution in [-0.4, -0.2) is 6.29 Å². The van der Waals surface area contributed by atoms with Crippen LogP contribution < -0.4 is 0 Å². The van der Waals surface area contributed by atoms with E-state index in [0.717, 1.165) is 6.29 Å². The van der Waals surface area contributed by atoms with Gasteiger partial charge in [0.2, 0.25) is 0 Å². The summed E-state index contributed by atoms with van der Waals surface area (Å²) in [5, 5.41) is 0. The maximum atomic E-state index is 10.4. The Labute approximate surface area is 62.1 Å². The molecule has 56 valence electrons. The fourth-order valence-electron chi connectivity index (χ4n) is 1.38. The zero-order valence-corrected chi connectivity index (χ0v) is 6.42. The zero-order chi connectivity index (χ0) is 7.40. The largest absolute Gasteiger partial charge is 0.303 e. The van der Waals surface area contributed by atoms with Crippen LogP contribution in [0.15, 0.2) is 12.2 Å². The standard InChI is InChI=1S/C9H14O/c1-8(7-10)9-5-3-2-4-6-9/h3,5,7-9H,2,4,6H2,1H3/t8-,9+/m0/s1. The SMILES string of the molecule is C[C@@H](C=O)[C@@H]1C=CCCC1. The molecule has 2 atom stereocenters. The first-order valence-corrected chi connectivity index (χ1v) is 3.96. The monoisotopic (exact) mass is 138 g/mol. The van der Waals surface area contributed by atoms with Crippen molar-refractivity contribution in [1.82, 2.24) is 0 Å². The highest BCUT2D eigenvalue weighted by atomic mass is 16.1. The topological polar surface area (TPSA) is 17.1 Å². The quantitative estimate of drug-likeness (QED) is 0.422. The van der Waals surface area contributed by atoms with Gasteiger partial charge >= 0.3 is 0 Å². The predicted molar refractivity (Wildman–Crippen MR) is 41.7 cm³/mol. The highest BCUT2D eigenvalue weighted by Gasteiger charge is 2.14. The summed E-state index contributed by atoms with van der Waals surface area (Å²) in [7, 11) is 0. The first kappa shape index (κ1) is 7.52. The van der Waals surface area contributed by atoms with Gasteiger partial charge in [-0.2, -0.15) is 0 Å². The molecule has 0 fully saturated rings. The van der Waals surface area contributed by atoms with Crippen LogP contribution in [0.25, 0.3) is 0 Å². The molecule has 0 radical (unpaired) electrons. The number of carbonyl (C=O) groups excluding carboxylic acids is 1. The van der Waals surface area contributed by atoms with Crippen LogP contribution in [-0.2, 0) is 4.79 Å². The average molecular weight is 138 g/mol. The molecular weight excluding hydrogens is 124 g/mol. The van der Waals surface area contributed by atoms with E-state index in [9.17, 15) is 4.79 Å². The van der Waals surface area contributed by atoms with Gasteiger partial charge in [-0.05, 0) is 25.2 Å². The number of allylic oxidation sites excluding steroid dienone is 2. The molecule has 0 N–H and O–H groups in total. The zero-order valence-electron chi connectivity index (χ0n) is 6.42. The minimum Gasteiger partial charge on any atom is -0.303 e. The number of carbonyl (C=O) groups is 1. The summed E-state index contributed by atoms with van der Waals surface area (Å²) in [6, 6.07) is 0. The van der Waals surface area contributed by atoms with E-state index >= 15 is 0 Å². The van der Waals surface area contributed by atoms with Gasteiger partial charge in [-0.15, -0.1) is 0 Å². The van der Waals surface area contributed by atoms with Crippen LogP contribution in [0.5, 0.6) is 0 Å². The van der Waals surface area contributed by atoms with E-state index < -0.39 is 0 Å². The summed E-state index contributed by atoms with van der Waals surface area (Å²) < 4.78 is 0. The van der Waals surface area contributed by atoms with E-state index in [4.69, 9.17) is 0 Å². The molecule has 0 saturated heterocycles. The van der Waals surface area contributed by atoms with Gasteiger partial charge in [0.25, 0.3) is 0 Å². The van der Waals surface area contributed by atoms with E-state index in [1.54, 1.807) is 0 Å². The van der Waals surface area contributed by atoms with E-state index in [-0.39, 0.29) is 5.92 Å². The van der Waals surface area contributed by atoms with Gasteiger partial charge in [0.15, 0.2) is 0 Å². The van der Waals surface area contributed by atoms with Gasteiger partial charge in [-0.1, -0.05) is 19.1 Å². The van der Waals surface area contributed by atoms with Gasteiger partial charge in [0.1, 0.15) is 6.29 Å². The van der Waals surface area contributed by atoms with Crippen LogP contribution >= 0.6 is 0 Å². The highest BCUT2D eigenvalue weighted by molar-refractivity contribution is 5.53. The third-order valence-corrected chi connectivity index (χ3v) is 2.18. The lowest BCUT2D eigenvalue weighted by atomic mass is 9.86. The molecule has 1 aliphatic carbocycles. The van der Waals surface area contributed by atoms with E-state index in [2.05, 4.69) is 12.2 Å². The molecule has 1 rings (SSSR count). The lowest BCUT2D eigenvalue weighted by Gasteiger charge is -2.18. The van der Waals surface area contributed by atoms with Crippen LogP contribution in [0, 0.1) is 11.8 Å². The van der Waals surface area contributed by atoms with Gasteiger partial charge < -0.3 is 4.79 Å². The van der Waals surface area contributed by atoms with Crippen molar-refractivity contribution in [3.63, 3.8) is 0 Å². The molecule has 0 saturated carbocycles. The van der Waals surface area contributed by atoms with Crippen molar-refractivity contribution in [3.8, 4) is 0 Å². The summed E-state index contributed by atoms with van der Waals surface area (Å²) >= 11 is 0. The Kier molecular flexibility index (Phi) is 2.67. The average Bonchev–Trinajstić information content (AvgIpc) is 2.05. The Bertz CT molecular complexity index is 138. The molecule has 1 nitrogen and oxygen atoms in total. The lowest BCUT2D eigenvalue weighted by Crippen LogP contribution is -2.12. The van der Waals surface area contributed by atoms with Gasteiger partial charge in [-0.3, -0.25) is 0 Å². The Hall–Kier alpha value is -0.590. The molecule has 0 aliphatic heterocycles. The van der Waals surface area contributed by atoms with Crippen LogP contribution in [0.1, 0.15) is 26.2 Å². The molecule has 0 heterocycles. The highest BCUT2D eigenvalue weighted by Crippen LogP contribution is 2.22. The molecule has 0 aromatic carbocycles. The van der Waals surface area contributed by atoms with E-state index in [1.807, 2.05) is 6.92 Å². The number of hydrogen-bond acceptors (Lipinski definition) is 1. The van der Waals surface area contributed by atoms with E-state index in [0.29, 0.717) is 5.92 Å². The van der Waals surface area contributed by atoms with E-state index in [1.165, 1.54) is 19.3 Å². The summed E-state index contributed by atoms with van der Waals surface area (Å²) in [6.45, 7) is 1.99. The van der Waals surface area contributed by atoms with Crippen LogP contribution in [0.2, 0.25) is 0 Å². The predicted octanol–water partition coefficient (Wildman–Crippen LogP) is 2.18. The Morgan fingerprint density at radius 3 is 3.00 bits per heavy atom. The smallest absolute Gasteiger partial charge is 0.123 e. The molecule has 0 aromatic heterocycles. The van der Waals surface area contributed by atoms with Crippen molar-refractivity contribution in [1.29, 1.82) is 0 Å². The molecule has 0 aromatic rings. The van der Waals surface area contributed by atoms with Crippen molar-refractivity contribution in [3.05, 3.63) is 12.2 Å². The molecule has 1 heteroatoms. The maximum Gasteiger partial charge on any atom is 0.123 e. The molecule has 1 aliphatic rings. The Balaban J connectivity index is 2.46. The first-order chi connectivity index (χ1) is 4.84. The summed E-state index contributed by atoms with van der Waals surface area (Å²) in [6.07, 6.45) is 9.06. The second-order valence-electron chi connectivity index (χ2n) is 3.02. The van der Waals surface area contributed by atoms with Crippen LogP contribution in [0.3, 0.4) is 0 Å². The van der Waals surface area contributed by atoms with Crippen molar-refractivity contribution in [2.45, 2.75) is 26.2 Å². The van der Waals surface area contributed by atoms with Crippen LogP contribution in [0.4, 0.5) is 0 Å². The lowest BCUT2D eigenvalue weighted by molar-refractivity contribution is -0.111. The molecule has 0 unspecified atom stereocenters. The second kappa shape index (κ2) is 3.55. The molecular formula is C9H14O. The summed E-state index contributed by atoms with van der Waals surface area (Å²) in [4.78, 5) is 10.4. The third kappa shape index (κ3) is 1.69. The fourth-order valence-corrected chi connectivity index (χ4v) is 1.38. The normalized spacial score (nSPS) is 27.9. The van der Waals surface area contributed by atoms with Gasteiger partial charge in [-0.25, -0.2) is 0 Å². The molecule has 10 heavy (non-hydrogen) atoms. The van der Waals surface area contributed by atoms with Crippen molar-refractivity contribution in [2.24, 2.45) is 11.8 Å². The first-order valence-electron chi connectivity index (χ1n) is 3.96. The van der Waals surface area contributed by atoms with Crippen molar-refractivity contribution in [2.75, 3.05) is 0 Å². The Morgan fingerprint density at radius 2 is 2.50 bits per heavy atom. The Morgan fingerprint density at radius 1 is 1.70 bits per heavy atom. The summed E-state index contributed by atoms with van der Waals surface area (Å²) in [5.41, 5.74) is 0. The number of hydrogen-bond donors (Lipinski definition) is 0. The molecule has 0 bridgehead atoms. The molecule has 0 spiro atoms. The number of rotatable bonds is 2. The van der Waals surface area contributed by atoms with Crippen molar-refractivity contribution >= 4 is 6.29 Å². The minimum atomic E-state index is 0.219. The third-order valence-electron chi connectivity index (χ3n) is 2.18. The second-order valence-corrected chi connectivity index (χ2v) is 3.02. The molecule has 0 amide bonds. The fraction of sp³-hybridized carbons (Fsp3) is 0.667. The summed E-state index contributed by atoms with van der Waals surface area (Å²) in [5.74, 6) is 0.739. The maximum absolute atomic E-state index is 10.4. The number of aldehydes is 1.